The molecule has 1 heterocycles. The van der Waals surface area contributed by atoms with Gasteiger partial charge in [-0.05, 0) is 0 Å². The number of thioether (sulfide) groups is 1. The predicted molar refractivity (Wildman–Crippen MR) is 43.4 cm³/mol. The molecule has 0 aromatic heterocycles. The molecule has 1 aliphatic rings. The largest absolute Gasteiger partial charge is 0.503 e. The number of hydrogen-bond acceptors (Lipinski definition) is 4. The smallest absolute Gasteiger partial charge is 0.266 e. The van der Waals surface area contributed by atoms with Crippen molar-refractivity contribution in [3.63, 3.8) is 0 Å². The second-order valence-corrected chi connectivity index (χ2v) is 3.28. The van der Waals surface area contributed by atoms with Crippen molar-refractivity contribution in [3.05, 3.63) is 11.2 Å². The van der Waals surface area contributed by atoms with E-state index in [0.29, 0.717) is 9.23 Å². The Morgan fingerprint density at radius 3 is 2.90 bits per heavy atom. The zero-order chi connectivity index (χ0) is 7.56. The normalized spacial score (nSPS) is 21.5. The highest BCUT2D eigenvalue weighted by Gasteiger charge is 2.22. The average molecular weight is 175 g/mol. The van der Waals surface area contributed by atoms with Crippen LogP contribution in [0, 0.1) is 0 Å². The van der Waals surface area contributed by atoms with Crippen molar-refractivity contribution in [2.75, 3.05) is 7.11 Å². The summed E-state index contributed by atoms with van der Waals surface area (Å²) in [6.07, 6.45) is 1.37. The van der Waals surface area contributed by atoms with Gasteiger partial charge in [0, 0.05) is 0 Å². The highest BCUT2D eigenvalue weighted by atomic mass is 32.2. The molecule has 3 nitrogen and oxygen atoms in total. The van der Waals surface area contributed by atoms with Gasteiger partial charge in [0.25, 0.3) is 5.91 Å². The molecule has 0 atom stereocenters. The number of hydrogen-bond donors (Lipinski definition) is 1. The number of rotatable bonds is 1. The molecule has 1 aliphatic heterocycles. The molecule has 0 bridgehead atoms. The van der Waals surface area contributed by atoms with E-state index in [2.05, 4.69) is 10.1 Å². The molecular formula is C5H5NO2S2. The summed E-state index contributed by atoms with van der Waals surface area (Å²) in [7, 11) is 1.49. The fourth-order valence-corrected chi connectivity index (χ4v) is 1.50. The monoisotopic (exact) mass is 175 g/mol. The maximum atomic E-state index is 10.8. The molecule has 0 spiro atoms. The van der Waals surface area contributed by atoms with Gasteiger partial charge in [-0.2, -0.15) is 0 Å². The first-order valence-electron chi connectivity index (χ1n) is 2.50. The van der Waals surface area contributed by atoms with Crippen molar-refractivity contribution in [2.24, 2.45) is 0 Å². The third-order valence-corrected chi connectivity index (χ3v) is 2.01. The second kappa shape index (κ2) is 3.03. The number of thiocarbonyl (C=S) groups is 1. The minimum absolute atomic E-state index is 0.183. The molecule has 1 fully saturated rings. The van der Waals surface area contributed by atoms with Crippen LogP contribution in [0.15, 0.2) is 11.2 Å². The second-order valence-electron chi connectivity index (χ2n) is 1.56. The van der Waals surface area contributed by atoms with Gasteiger partial charge in [-0.25, -0.2) is 0 Å². The summed E-state index contributed by atoms with van der Waals surface area (Å²) in [5.41, 5.74) is 0. The van der Waals surface area contributed by atoms with E-state index in [9.17, 15) is 4.79 Å². The Kier molecular flexibility index (Phi) is 2.29. The Morgan fingerprint density at radius 1 is 1.80 bits per heavy atom. The lowest BCUT2D eigenvalue weighted by Crippen LogP contribution is -2.17. The van der Waals surface area contributed by atoms with Gasteiger partial charge in [0.1, 0.15) is 15.5 Å². The standard InChI is InChI=1S/C5H5NO2S2/c1-8-2-3-4(7)6-5(9)10-3/h2H,1H3,(H,6,7,9). The lowest BCUT2D eigenvalue weighted by molar-refractivity contribution is -0.115. The zero-order valence-electron chi connectivity index (χ0n) is 5.21. The highest BCUT2D eigenvalue weighted by molar-refractivity contribution is 8.26. The van der Waals surface area contributed by atoms with E-state index in [0.717, 1.165) is 0 Å². The number of carbonyl (C=O) groups excluding carboxylic acids is 1. The van der Waals surface area contributed by atoms with Crippen LogP contribution in [0.3, 0.4) is 0 Å². The first-order valence-corrected chi connectivity index (χ1v) is 3.72. The summed E-state index contributed by atoms with van der Waals surface area (Å²) in [4.78, 5) is 11.3. The quantitative estimate of drug-likeness (QED) is 0.360. The van der Waals surface area contributed by atoms with E-state index in [1.165, 1.54) is 25.1 Å². The van der Waals surface area contributed by atoms with Gasteiger partial charge in [-0.3, -0.25) is 4.79 Å². The summed E-state index contributed by atoms with van der Waals surface area (Å²) >= 11 is 5.93. The van der Waals surface area contributed by atoms with Gasteiger partial charge in [-0.15, -0.1) is 0 Å². The van der Waals surface area contributed by atoms with Crippen molar-refractivity contribution in [2.45, 2.75) is 0 Å². The molecule has 0 saturated carbocycles. The topological polar surface area (TPSA) is 38.3 Å². The van der Waals surface area contributed by atoms with E-state index in [4.69, 9.17) is 12.2 Å². The Bertz CT molecular complexity index is 212. The van der Waals surface area contributed by atoms with E-state index >= 15 is 0 Å². The van der Waals surface area contributed by atoms with Crippen LogP contribution in [-0.2, 0) is 9.53 Å². The van der Waals surface area contributed by atoms with E-state index in [1.54, 1.807) is 0 Å². The van der Waals surface area contributed by atoms with Gasteiger partial charge < -0.3 is 10.1 Å². The summed E-state index contributed by atoms with van der Waals surface area (Å²) < 4.78 is 5.12. The van der Waals surface area contributed by atoms with Crippen molar-refractivity contribution in [1.29, 1.82) is 0 Å². The number of methoxy groups -OCH3 is 1. The maximum Gasteiger partial charge on any atom is 0.266 e. The molecule has 0 radical (unpaired) electrons. The van der Waals surface area contributed by atoms with Crippen LogP contribution in [0.25, 0.3) is 0 Å². The molecule has 54 valence electrons. The molecule has 0 aliphatic carbocycles. The lowest BCUT2D eigenvalue weighted by Gasteiger charge is -1.88. The minimum atomic E-state index is -0.183. The van der Waals surface area contributed by atoms with Gasteiger partial charge in [-0.1, -0.05) is 24.0 Å². The minimum Gasteiger partial charge on any atom is -0.503 e. The van der Waals surface area contributed by atoms with Crippen LogP contribution in [0.1, 0.15) is 0 Å². The number of nitrogens with one attached hydrogen (secondary N) is 1. The summed E-state index contributed by atoms with van der Waals surface area (Å²) in [5.74, 6) is -0.183. The Morgan fingerprint density at radius 2 is 2.50 bits per heavy atom. The van der Waals surface area contributed by atoms with Crippen LogP contribution in [0.5, 0.6) is 0 Å². The summed E-state index contributed by atoms with van der Waals surface area (Å²) in [6.45, 7) is 0. The van der Waals surface area contributed by atoms with Crippen molar-refractivity contribution in [1.82, 2.24) is 5.32 Å². The maximum absolute atomic E-state index is 10.8. The molecule has 1 amide bonds. The number of amides is 1. The Balaban J connectivity index is 2.72. The molecule has 10 heavy (non-hydrogen) atoms. The van der Waals surface area contributed by atoms with Crippen LogP contribution in [0.2, 0.25) is 0 Å². The van der Waals surface area contributed by atoms with Gasteiger partial charge >= 0.3 is 0 Å². The first-order chi connectivity index (χ1) is 4.74. The van der Waals surface area contributed by atoms with Crippen LogP contribution < -0.4 is 5.32 Å². The average Bonchev–Trinajstić information content (AvgIpc) is 2.13. The first kappa shape index (κ1) is 7.56. The summed E-state index contributed by atoms with van der Waals surface area (Å²) in [6, 6.07) is 0. The van der Waals surface area contributed by atoms with E-state index < -0.39 is 0 Å². The van der Waals surface area contributed by atoms with Crippen LogP contribution in [-0.4, -0.2) is 17.3 Å². The van der Waals surface area contributed by atoms with Gasteiger partial charge in [0.05, 0.1) is 7.11 Å². The number of carbonyl (C=O) groups is 1. The molecule has 1 N–H and O–H groups in total. The number of ether oxygens (including phenoxy) is 1. The molecule has 1 saturated heterocycles. The van der Waals surface area contributed by atoms with Gasteiger partial charge in [0.15, 0.2) is 0 Å². The van der Waals surface area contributed by atoms with Gasteiger partial charge in [0.2, 0.25) is 0 Å². The van der Waals surface area contributed by atoms with E-state index in [-0.39, 0.29) is 5.91 Å². The van der Waals surface area contributed by atoms with Crippen LogP contribution in [0.4, 0.5) is 0 Å². The molecule has 0 unspecified atom stereocenters. The van der Waals surface area contributed by atoms with Crippen molar-refractivity contribution in [3.8, 4) is 0 Å². The zero-order valence-corrected chi connectivity index (χ0v) is 6.84. The fourth-order valence-electron chi connectivity index (χ4n) is 0.511. The molecule has 5 heteroatoms. The summed E-state index contributed by atoms with van der Waals surface area (Å²) in [5, 5.41) is 2.46. The Labute approximate surface area is 67.8 Å². The third kappa shape index (κ3) is 1.48. The van der Waals surface area contributed by atoms with Crippen molar-refractivity contribution >= 4 is 34.2 Å². The fraction of sp³-hybridized carbons (Fsp3) is 0.200. The lowest BCUT2D eigenvalue weighted by atomic mass is 10.6. The molecule has 1 rings (SSSR count). The SMILES string of the molecule is COC=C1SC(=S)NC1=O. The Hall–Kier alpha value is -0.550. The van der Waals surface area contributed by atoms with Crippen molar-refractivity contribution < 1.29 is 9.53 Å². The molecule has 0 aromatic rings. The van der Waals surface area contributed by atoms with E-state index in [1.807, 2.05) is 0 Å². The predicted octanol–water partition coefficient (Wildman–Crippen LogP) is 0.622. The molecular weight excluding hydrogens is 170 g/mol. The molecule has 0 aromatic carbocycles. The highest BCUT2D eigenvalue weighted by Crippen LogP contribution is 2.22. The third-order valence-electron chi connectivity index (χ3n) is 0.867. The van der Waals surface area contributed by atoms with Crippen LogP contribution >= 0.6 is 24.0 Å².